The predicted molar refractivity (Wildman–Crippen MR) is 117 cm³/mol. The molecule has 7 nitrogen and oxygen atoms in total. The summed E-state index contributed by atoms with van der Waals surface area (Å²) in [4.78, 5) is 36.8. The number of benzene rings is 2. The van der Waals surface area contributed by atoms with E-state index in [2.05, 4.69) is 22.7 Å². The number of unbranched alkanes of at least 4 members (excludes halogenated alkanes) is 1. The normalized spacial score (nSPS) is 10.4. The Labute approximate surface area is 174 Å². The van der Waals surface area contributed by atoms with Crippen LogP contribution in [0.4, 0.5) is 11.4 Å². The van der Waals surface area contributed by atoms with E-state index < -0.39 is 17.4 Å². The molecule has 3 rings (SSSR count). The smallest absolute Gasteiger partial charge is 0.276 e. The number of amides is 2. The largest absolute Gasteiger partial charge is 0.324 e. The first kappa shape index (κ1) is 21.0. The minimum Gasteiger partial charge on any atom is -0.324 e. The molecule has 0 bridgehead atoms. The van der Waals surface area contributed by atoms with Crippen molar-refractivity contribution in [1.82, 2.24) is 9.78 Å². The second-order valence-corrected chi connectivity index (χ2v) is 6.88. The quantitative estimate of drug-likeness (QED) is 0.601. The fraction of sp³-hybridized carbons (Fsp3) is 0.217. The van der Waals surface area contributed by atoms with E-state index in [1.165, 1.54) is 17.7 Å². The van der Waals surface area contributed by atoms with Crippen molar-refractivity contribution in [1.29, 1.82) is 0 Å². The number of carbonyl (C=O) groups excluding carboxylic acids is 2. The van der Waals surface area contributed by atoms with Crippen LogP contribution in [0, 0.1) is 0 Å². The maximum Gasteiger partial charge on any atom is 0.276 e. The standard InChI is InChI=1S/C23H24N4O3/c1-2-3-7-17-10-12-19(13-11-17)24-21(28)16-27-22(29)15-14-20(26-27)23(30)25-18-8-5-4-6-9-18/h4-6,8-15H,2-3,7,16H2,1H3,(H,24,28)(H,25,30). The Morgan fingerprint density at radius 1 is 0.900 bits per heavy atom. The number of rotatable bonds is 8. The van der Waals surface area contributed by atoms with E-state index in [1.54, 1.807) is 24.3 Å². The first-order valence-corrected chi connectivity index (χ1v) is 9.88. The zero-order valence-corrected chi connectivity index (χ0v) is 16.8. The molecular weight excluding hydrogens is 380 g/mol. The van der Waals surface area contributed by atoms with Gasteiger partial charge < -0.3 is 10.6 Å². The van der Waals surface area contributed by atoms with Gasteiger partial charge in [0.15, 0.2) is 0 Å². The third-order valence-corrected chi connectivity index (χ3v) is 4.48. The molecule has 0 spiro atoms. The van der Waals surface area contributed by atoms with Crippen LogP contribution in [0.2, 0.25) is 0 Å². The van der Waals surface area contributed by atoms with Gasteiger partial charge in [-0.05, 0) is 48.7 Å². The summed E-state index contributed by atoms with van der Waals surface area (Å²) in [5.41, 5.74) is 2.06. The lowest BCUT2D eigenvalue weighted by Crippen LogP contribution is -2.31. The maximum atomic E-state index is 12.4. The van der Waals surface area contributed by atoms with Gasteiger partial charge in [-0.2, -0.15) is 5.10 Å². The van der Waals surface area contributed by atoms with Gasteiger partial charge in [0.05, 0.1) is 0 Å². The number of para-hydroxylation sites is 1. The Balaban J connectivity index is 1.64. The van der Waals surface area contributed by atoms with Crippen molar-refractivity contribution < 1.29 is 9.59 Å². The minimum atomic E-state index is -0.462. The van der Waals surface area contributed by atoms with E-state index in [1.807, 2.05) is 30.3 Å². The Morgan fingerprint density at radius 3 is 2.30 bits per heavy atom. The lowest BCUT2D eigenvalue weighted by Gasteiger charge is -2.09. The predicted octanol–water partition coefficient (Wildman–Crippen LogP) is 3.48. The van der Waals surface area contributed by atoms with E-state index >= 15 is 0 Å². The molecule has 0 aliphatic heterocycles. The molecule has 0 unspecified atom stereocenters. The average Bonchev–Trinajstić information content (AvgIpc) is 2.75. The number of aromatic nitrogens is 2. The molecule has 2 amide bonds. The summed E-state index contributed by atoms with van der Waals surface area (Å²) >= 11 is 0. The maximum absolute atomic E-state index is 12.4. The number of carbonyl (C=O) groups is 2. The summed E-state index contributed by atoms with van der Waals surface area (Å²) in [6.07, 6.45) is 3.25. The molecule has 2 N–H and O–H groups in total. The number of hydrogen-bond acceptors (Lipinski definition) is 4. The number of aryl methyl sites for hydroxylation is 1. The van der Waals surface area contributed by atoms with Crippen LogP contribution < -0.4 is 16.2 Å². The van der Waals surface area contributed by atoms with Gasteiger partial charge in [0, 0.05) is 17.4 Å². The van der Waals surface area contributed by atoms with Gasteiger partial charge >= 0.3 is 0 Å². The number of nitrogens with zero attached hydrogens (tertiary/aromatic N) is 2. The van der Waals surface area contributed by atoms with Crippen molar-refractivity contribution in [3.63, 3.8) is 0 Å². The van der Waals surface area contributed by atoms with Crippen LogP contribution in [0.15, 0.2) is 71.5 Å². The molecule has 1 heterocycles. The highest BCUT2D eigenvalue weighted by Gasteiger charge is 2.12. The lowest BCUT2D eigenvalue weighted by atomic mass is 10.1. The van der Waals surface area contributed by atoms with E-state index in [4.69, 9.17) is 0 Å². The second kappa shape index (κ2) is 10.2. The van der Waals surface area contributed by atoms with Crippen molar-refractivity contribution in [2.75, 3.05) is 10.6 Å². The lowest BCUT2D eigenvalue weighted by molar-refractivity contribution is -0.117. The molecule has 0 fully saturated rings. The molecule has 7 heteroatoms. The van der Waals surface area contributed by atoms with Crippen molar-refractivity contribution in [2.45, 2.75) is 32.7 Å². The highest BCUT2D eigenvalue weighted by molar-refractivity contribution is 6.02. The molecular formula is C23H24N4O3. The molecule has 3 aromatic rings. The van der Waals surface area contributed by atoms with Crippen LogP contribution >= 0.6 is 0 Å². The fourth-order valence-corrected chi connectivity index (χ4v) is 2.87. The van der Waals surface area contributed by atoms with Crippen molar-refractivity contribution in [3.05, 3.63) is 88.3 Å². The van der Waals surface area contributed by atoms with Gasteiger partial charge in [-0.1, -0.05) is 43.7 Å². The van der Waals surface area contributed by atoms with Crippen LogP contribution in [-0.4, -0.2) is 21.6 Å². The summed E-state index contributed by atoms with van der Waals surface area (Å²) in [6.45, 7) is 1.85. The molecule has 154 valence electrons. The van der Waals surface area contributed by atoms with Crippen LogP contribution in [0.1, 0.15) is 35.8 Å². The van der Waals surface area contributed by atoms with E-state index in [-0.39, 0.29) is 12.2 Å². The SMILES string of the molecule is CCCCc1ccc(NC(=O)Cn2nc(C(=O)Nc3ccccc3)ccc2=O)cc1. The Kier molecular flexibility index (Phi) is 7.10. The number of nitrogens with one attached hydrogen (secondary N) is 2. The summed E-state index contributed by atoms with van der Waals surface area (Å²) < 4.78 is 0.977. The minimum absolute atomic E-state index is 0.0477. The Morgan fingerprint density at radius 2 is 1.60 bits per heavy atom. The fourth-order valence-electron chi connectivity index (χ4n) is 2.87. The van der Waals surface area contributed by atoms with E-state index in [9.17, 15) is 14.4 Å². The van der Waals surface area contributed by atoms with Gasteiger partial charge in [-0.3, -0.25) is 14.4 Å². The zero-order chi connectivity index (χ0) is 21.3. The van der Waals surface area contributed by atoms with Gasteiger partial charge in [-0.25, -0.2) is 4.68 Å². The molecule has 30 heavy (non-hydrogen) atoms. The Hall–Kier alpha value is -3.74. The molecule has 0 aliphatic carbocycles. The topological polar surface area (TPSA) is 93.1 Å². The molecule has 2 aromatic carbocycles. The van der Waals surface area contributed by atoms with Gasteiger partial charge in [-0.15, -0.1) is 0 Å². The second-order valence-electron chi connectivity index (χ2n) is 6.88. The van der Waals surface area contributed by atoms with Gasteiger partial charge in [0.1, 0.15) is 12.2 Å². The molecule has 0 radical (unpaired) electrons. The Bertz CT molecular complexity index is 1060. The van der Waals surface area contributed by atoms with Crippen molar-refractivity contribution in [3.8, 4) is 0 Å². The summed E-state index contributed by atoms with van der Waals surface area (Å²) in [7, 11) is 0. The van der Waals surface area contributed by atoms with Crippen molar-refractivity contribution >= 4 is 23.2 Å². The summed E-state index contributed by atoms with van der Waals surface area (Å²) in [6, 6.07) is 19.1. The molecule has 0 atom stereocenters. The van der Waals surface area contributed by atoms with Gasteiger partial charge in [0.25, 0.3) is 11.5 Å². The first-order valence-electron chi connectivity index (χ1n) is 9.88. The third-order valence-electron chi connectivity index (χ3n) is 4.48. The summed E-state index contributed by atoms with van der Waals surface area (Å²) in [5.74, 6) is -0.857. The van der Waals surface area contributed by atoms with Crippen molar-refractivity contribution in [2.24, 2.45) is 0 Å². The summed E-state index contributed by atoms with van der Waals surface area (Å²) in [5, 5.41) is 9.48. The highest BCUT2D eigenvalue weighted by atomic mass is 16.2. The van der Waals surface area contributed by atoms with Crippen LogP contribution in [-0.2, 0) is 17.8 Å². The molecule has 1 aromatic heterocycles. The highest BCUT2D eigenvalue weighted by Crippen LogP contribution is 2.12. The third kappa shape index (κ3) is 5.88. The van der Waals surface area contributed by atoms with E-state index in [0.29, 0.717) is 11.4 Å². The van der Waals surface area contributed by atoms with Crippen LogP contribution in [0.25, 0.3) is 0 Å². The molecule has 0 saturated carbocycles. The average molecular weight is 404 g/mol. The van der Waals surface area contributed by atoms with Gasteiger partial charge in [0.2, 0.25) is 5.91 Å². The van der Waals surface area contributed by atoms with Crippen LogP contribution in [0.5, 0.6) is 0 Å². The number of hydrogen-bond donors (Lipinski definition) is 2. The zero-order valence-electron chi connectivity index (χ0n) is 16.8. The van der Waals surface area contributed by atoms with E-state index in [0.717, 1.165) is 23.9 Å². The number of anilines is 2. The molecule has 0 aliphatic rings. The monoisotopic (exact) mass is 404 g/mol. The van der Waals surface area contributed by atoms with Crippen LogP contribution in [0.3, 0.4) is 0 Å². The first-order chi connectivity index (χ1) is 14.5. The molecule has 0 saturated heterocycles.